The van der Waals surface area contributed by atoms with Crippen LogP contribution in [0.4, 0.5) is 0 Å². The van der Waals surface area contributed by atoms with Crippen LogP contribution in [0.1, 0.15) is 85.5 Å². The summed E-state index contributed by atoms with van der Waals surface area (Å²) in [6.07, 6.45) is 2.37. The molecule has 0 radical (unpaired) electrons. The Morgan fingerprint density at radius 1 is 1.08 bits per heavy atom. The van der Waals surface area contributed by atoms with Crippen molar-refractivity contribution < 1.29 is 30.8 Å². The zero-order chi connectivity index (χ0) is 27.6. The minimum atomic E-state index is -1.50. The maximum Gasteiger partial charge on any atom is 0.261 e. The van der Waals surface area contributed by atoms with E-state index in [9.17, 15) is 14.4 Å². The molecule has 3 amide bonds. The van der Waals surface area contributed by atoms with E-state index < -0.39 is 5.79 Å². The highest BCUT2D eigenvalue weighted by Gasteiger charge is 2.38. The van der Waals surface area contributed by atoms with E-state index in [2.05, 4.69) is 12.2 Å². The molecule has 204 valence electrons. The molecule has 2 aromatic carbocycles. The second kappa shape index (κ2) is 14.0. The first-order valence-corrected chi connectivity index (χ1v) is 13.0. The molecular weight excluding hydrogens is 472 g/mol. The van der Waals surface area contributed by atoms with Crippen molar-refractivity contribution in [1.82, 2.24) is 10.2 Å². The molecule has 1 saturated heterocycles. The minimum absolute atomic E-state index is 0. The fraction of sp³-hybridized carbons (Fsp3) is 0.483. The molecule has 2 aliphatic heterocycles. The van der Waals surface area contributed by atoms with Gasteiger partial charge in [0.05, 0.1) is 30.4 Å². The molecule has 8 heteroatoms. The monoisotopic (exact) mass is 514 g/mol. The van der Waals surface area contributed by atoms with Crippen LogP contribution in [0.15, 0.2) is 48.5 Å². The number of imide groups is 1. The molecule has 37 heavy (non-hydrogen) atoms. The molecule has 0 saturated carbocycles. The van der Waals surface area contributed by atoms with Crippen molar-refractivity contribution in [1.29, 1.82) is 0 Å². The topological polar surface area (TPSA) is 116 Å². The van der Waals surface area contributed by atoms with Crippen molar-refractivity contribution in [3.8, 4) is 0 Å². The summed E-state index contributed by atoms with van der Waals surface area (Å²) in [6.45, 7) is 9.94. The number of nitrogens with zero attached hydrogens (tertiary/aromatic N) is 1. The van der Waals surface area contributed by atoms with Gasteiger partial charge in [-0.3, -0.25) is 19.3 Å². The number of amides is 3. The quantitative estimate of drug-likeness (QED) is 0.379. The SMILES string of the molecule is CC.CC(C)(O)O.CCCc1ccc2c(c1)C(=O)N(C[C@@H]1C[C@H](CNC(=O)c3ccccc3)CO1)C2=O.[HH]. The third kappa shape index (κ3) is 9.07. The smallest absolute Gasteiger partial charge is 0.261 e. The van der Waals surface area contributed by atoms with Crippen LogP contribution in [0.5, 0.6) is 0 Å². The number of hydrogen-bond donors (Lipinski definition) is 3. The Bertz CT molecular complexity index is 1050. The van der Waals surface area contributed by atoms with Gasteiger partial charge in [-0.1, -0.05) is 51.5 Å². The number of nitrogens with one attached hydrogen (secondary N) is 1. The van der Waals surface area contributed by atoms with Crippen LogP contribution in [-0.4, -0.2) is 64.4 Å². The summed E-state index contributed by atoms with van der Waals surface area (Å²) in [4.78, 5) is 39.0. The van der Waals surface area contributed by atoms with E-state index in [1.54, 1.807) is 18.2 Å². The molecule has 0 unspecified atom stereocenters. The Kier molecular flexibility index (Phi) is 11.4. The van der Waals surface area contributed by atoms with Crippen LogP contribution in [-0.2, 0) is 11.2 Å². The number of benzene rings is 2. The Hall–Kier alpha value is -3.07. The van der Waals surface area contributed by atoms with Gasteiger partial charge in [-0.2, -0.15) is 0 Å². The van der Waals surface area contributed by atoms with E-state index in [0.717, 1.165) is 18.4 Å². The number of carbonyl (C=O) groups is 3. The molecular formula is C29H42N2O6. The minimum Gasteiger partial charge on any atom is -0.376 e. The molecule has 0 aromatic heterocycles. The number of aliphatic hydroxyl groups is 2. The average molecular weight is 515 g/mol. The third-order valence-electron chi connectivity index (χ3n) is 5.71. The first kappa shape index (κ1) is 30.2. The van der Waals surface area contributed by atoms with Crippen LogP contribution < -0.4 is 5.32 Å². The number of rotatable bonds is 7. The molecule has 4 rings (SSSR count). The number of carbonyl (C=O) groups excluding carboxylic acids is 3. The summed E-state index contributed by atoms with van der Waals surface area (Å²) in [5.74, 6) is -1.93. The largest absolute Gasteiger partial charge is 0.376 e. The number of fused-ring (bicyclic) bond motifs is 1. The summed E-state index contributed by atoms with van der Waals surface area (Å²) in [6, 6.07) is 14.6. The van der Waals surface area contributed by atoms with Crippen LogP contribution >= 0.6 is 0 Å². The van der Waals surface area contributed by atoms with Gasteiger partial charge in [0.25, 0.3) is 17.7 Å². The zero-order valence-electron chi connectivity index (χ0n) is 22.5. The van der Waals surface area contributed by atoms with Gasteiger partial charge in [-0.25, -0.2) is 0 Å². The first-order chi connectivity index (χ1) is 17.6. The molecule has 0 aliphatic carbocycles. The Balaban J connectivity index is 0.000000812. The van der Waals surface area contributed by atoms with Crippen LogP contribution in [0.25, 0.3) is 0 Å². The Morgan fingerprint density at radius 3 is 2.32 bits per heavy atom. The predicted octanol–water partition coefficient (Wildman–Crippen LogP) is 4.05. The Morgan fingerprint density at radius 2 is 1.70 bits per heavy atom. The zero-order valence-corrected chi connectivity index (χ0v) is 22.5. The lowest BCUT2D eigenvalue weighted by molar-refractivity contribution is -0.127. The molecule has 0 bridgehead atoms. The summed E-state index contributed by atoms with van der Waals surface area (Å²) in [5, 5.41) is 19.1. The molecule has 2 aliphatic rings. The maximum atomic E-state index is 12.8. The summed E-state index contributed by atoms with van der Waals surface area (Å²) in [5.41, 5.74) is 2.67. The Labute approximate surface area is 221 Å². The van der Waals surface area contributed by atoms with Gasteiger partial charge in [0.1, 0.15) is 0 Å². The molecule has 2 atom stereocenters. The molecule has 8 nitrogen and oxygen atoms in total. The summed E-state index contributed by atoms with van der Waals surface area (Å²) >= 11 is 0. The van der Waals surface area contributed by atoms with E-state index in [0.29, 0.717) is 36.3 Å². The summed E-state index contributed by atoms with van der Waals surface area (Å²) < 4.78 is 5.83. The van der Waals surface area contributed by atoms with Crippen molar-refractivity contribution in [2.45, 2.75) is 65.8 Å². The highest BCUT2D eigenvalue weighted by Crippen LogP contribution is 2.27. The molecule has 1 fully saturated rings. The van der Waals surface area contributed by atoms with E-state index in [-0.39, 0.29) is 37.7 Å². The second-order valence-electron chi connectivity index (χ2n) is 9.48. The van der Waals surface area contributed by atoms with E-state index >= 15 is 0 Å². The van der Waals surface area contributed by atoms with Crippen molar-refractivity contribution in [3.05, 3.63) is 70.8 Å². The van der Waals surface area contributed by atoms with Gasteiger partial charge in [0.15, 0.2) is 5.79 Å². The van der Waals surface area contributed by atoms with Gasteiger partial charge in [0, 0.05) is 19.5 Å². The van der Waals surface area contributed by atoms with Crippen LogP contribution in [0.2, 0.25) is 0 Å². The van der Waals surface area contributed by atoms with Crippen molar-refractivity contribution in [2.24, 2.45) is 5.92 Å². The third-order valence-corrected chi connectivity index (χ3v) is 5.71. The van der Waals surface area contributed by atoms with Gasteiger partial charge >= 0.3 is 0 Å². The van der Waals surface area contributed by atoms with Crippen molar-refractivity contribution >= 4 is 17.7 Å². The first-order valence-electron chi connectivity index (χ1n) is 13.0. The van der Waals surface area contributed by atoms with Crippen molar-refractivity contribution in [3.63, 3.8) is 0 Å². The summed E-state index contributed by atoms with van der Waals surface area (Å²) in [7, 11) is 0. The lowest BCUT2D eigenvalue weighted by Crippen LogP contribution is -2.37. The van der Waals surface area contributed by atoms with Gasteiger partial charge in [-0.15, -0.1) is 0 Å². The molecule has 2 aromatic rings. The van der Waals surface area contributed by atoms with Crippen LogP contribution in [0, 0.1) is 5.92 Å². The fourth-order valence-electron chi connectivity index (χ4n) is 4.13. The van der Waals surface area contributed by atoms with E-state index in [1.165, 1.54) is 18.7 Å². The van der Waals surface area contributed by atoms with Crippen LogP contribution in [0.3, 0.4) is 0 Å². The second-order valence-corrected chi connectivity index (χ2v) is 9.48. The molecule has 0 spiro atoms. The highest BCUT2D eigenvalue weighted by molar-refractivity contribution is 6.21. The lowest BCUT2D eigenvalue weighted by Gasteiger charge is -2.18. The maximum absolute atomic E-state index is 12.8. The highest BCUT2D eigenvalue weighted by atomic mass is 16.5. The standard InChI is InChI=1S/C24H26N2O4.C3H8O2.C2H6.H2/c1-2-6-16-9-10-20-21(12-16)24(29)26(23(20)28)14-19-11-17(15-30-19)13-25-22(27)18-7-4-3-5-8-18;1-3(2,4)5;1-2;/h3-5,7-10,12,17,19H,2,6,11,13-15H2,1H3,(H,25,27);4-5H,1-2H3;1-2H3;1H/t17-,19+;;;/m1.../s1. The lowest BCUT2D eigenvalue weighted by atomic mass is 10.0. The average Bonchev–Trinajstić information content (AvgIpc) is 3.42. The number of hydrogen-bond acceptors (Lipinski definition) is 6. The van der Waals surface area contributed by atoms with Gasteiger partial charge in [0.2, 0.25) is 0 Å². The molecule has 3 N–H and O–H groups in total. The number of ether oxygens (including phenoxy) is 1. The normalized spacial score (nSPS) is 18.4. The van der Waals surface area contributed by atoms with Crippen molar-refractivity contribution in [2.75, 3.05) is 19.7 Å². The molecule has 2 heterocycles. The fourth-order valence-corrected chi connectivity index (χ4v) is 4.13. The van der Waals surface area contributed by atoms with E-state index in [1.807, 2.05) is 44.2 Å². The predicted molar refractivity (Wildman–Crippen MR) is 144 cm³/mol. The number of aryl methyl sites for hydroxylation is 1. The van der Waals surface area contributed by atoms with Gasteiger partial charge in [-0.05, 0) is 56.5 Å². The van der Waals surface area contributed by atoms with Gasteiger partial charge < -0.3 is 20.3 Å². The van der Waals surface area contributed by atoms with E-state index in [4.69, 9.17) is 14.9 Å².